The number of aromatic nitrogens is 3. The normalized spacial score (nSPS) is 22.1. The molecule has 140 valence electrons. The number of fused-ring (bicyclic) bond motifs is 2. The average molecular weight is 365 g/mol. The number of hydrogen-bond donors (Lipinski definition) is 2. The van der Waals surface area contributed by atoms with E-state index in [1.807, 2.05) is 18.2 Å². The lowest BCUT2D eigenvalue weighted by Crippen LogP contribution is -2.27. The molecule has 2 aromatic heterocycles. The van der Waals surface area contributed by atoms with Gasteiger partial charge in [-0.3, -0.25) is 0 Å². The van der Waals surface area contributed by atoms with Crippen molar-refractivity contribution >= 4 is 16.9 Å². The van der Waals surface area contributed by atoms with E-state index in [9.17, 15) is 0 Å². The van der Waals surface area contributed by atoms with Crippen LogP contribution in [0.1, 0.15) is 31.7 Å². The number of hydrogen-bond acceptors (Lipinski definition) is 6. The van der Waals surface area contributed by atoms with Gasteiger partial charge in [0.1, 0.15) is 31.0 Å². The topological polar surface area (TPSA) is 101 Å². The zero-order chi connectivity index (χ0) is 18.4. The Kier molecular flexibility index (Phi) is 3.89. The molecule has 7 nitrogen and oxygen atoms in total. The van der Waals surface area contributed by atoms with E-state index < -0.39 is 0 Å². The number of nitrogen functional groups attached to an aromatic ring is 1. The second kappa shape index (κ2) is 6.42. The van der Waals surface area contributed by atoms with E-state index in [0.29, 0.717) is 31.1 Å². The Morgan fingerprint density at radius 1 is 1.00 bits per heavy atom. The first kappa shape index (κ1) is 16.4. The van der Waals surface area contributed by atoms with Gasteiger partial charge in [0.25, 0.3) is 0 Å². The maximum Gasteiger partial charge on any atom is 0.161 e. The fraction of sp³-hybridized carbons (Fsp3) is 0.400. The summed E-state index contributed by atoms with van der Waals surface area (Å²) in [4.78, 5) is 8.78. The number of anilines is 1. The predicted octanol–water partition coefficient (Wildman–Crippen LogP) is 2.89. The van der Waals surface area contributed by atoms with Gasteiger partial charge in [-0.15, -0.1) is 0 Å². The summed E-state index contributed by atoms with van der Waals surface area (Å²) in [6, 6.07) is 6.69. The number of ether oxygens (including phenoxy) is 2. The van der Waals surface area contributed by atoms with Gasteiger partial charge in [0, 0.05) is 23.8 Å². The molecule has 0 saturated heterocycles. The third kappa shape index (κ3) is 2.78. The van der Waals surface area contributed by atoms with Crippen LogP contribution in [0, 0.1) is 0 Å². The molecule has 4 N–H and O–H groups in total. The van der Waals surface area contributed by atoms with Crippen molar-refractivity contribution in [3.8, 4) is 22.6 Å². The van der Waals surface area contributed by atoms with Gasteiger partial charge in [0.05, 0.1) is 5.39 Å². The van der Waals surface area contributed by atoms with E-state index in [0.717, 1.165) is 59.3 Å². The van der Waals surface area contributed by atoms with Crippen molar-refractivity contribution in [1.82, 2.24) is 14.5 Å². The second-order valence-corrected chi connectivity index (χ2v) is 7.33. The molecule has 1 fully saturated rings. The zero-order valence-electron chi connectivity index (χ0n) is 15.1. The van der Waals surface area contributed by atoms with Crippen molar-refractivity contribution in [3.05, 3.63) is 30.7 Å². The van der Waals surface area contributed by atoms with E-state index in [-0.39, 0.29) is 0 Å². The smallest absolute Gasteiger partial charge is 0.161 e. The molecule has 0 spiro atoms. The van der Waals surface area contributed by atoms with Crippen molar-refractivity contribution in [2.24, 2.45) is 5.73 Å². The Hall–Kier alpha value is -2.80. The van der Waals surface area contributed by atoms with Crippen LogP contribution >= 0.6 is 0 Å². The quantitative estimate of drug-likeness (QED) is 0.724. The summed E-state index contributed by atoms with van der Waals surface area (Å²) in [5, 5.41) is 0.893. The largest absolute Gasteiger partial charge is 0.486 e. The average Bonchev–Trinajstić information content (AvgIpc) is 3.09. The minimum Gasteiger partial charge on any atom is -0.486 e. The summed E-state index contributed by atoms with van der Waals surface area (Å²) in [5.74, 6) is 2.04. The van der Waals surface area contributed by atoms with Crippen LogP contribution in [-0.4, -0.2) is 33.8 Å². The number of nitrogens with zero attached hydrogens (tertiary/aromatic N) is 3. The molecule has 0 atom stereocenters. The minimum atomic E-state index is 0.306. The molecular weight excluding hydrogens is 342 g/mol. The molecule has 0 radical (unpaired) electrons. The van der Waals surface area contributed by atoms with Gasteiger partial charge in [-0.2, -0.15) is 0 Å². The summed E-state index contributed by atoms with van der Waals surface area (Å²) >= 11 is 0. The summed E-state index contributed by atoms with van der Waals surface area (Å²) in [6.07, 6.45) is 7.86. The first-order chi connectivity index (χ1) is 13.2. The van der Waals surface area contributed by atoms with Crippen molar-refractivity contribution in [1.29, 1.82) is 0 Å². The van der Waals surface area contributed by atoms with Crippen LogP contribution in [0.4, 0.5) is 5.82 Å². The summed E-state index contributed by atoms with van der Waals surface area (Å²) in [7, 11) is 0. The first-order valence-electron chi connectivity index (χ1n) is 9.47. The minimum absolute atomic E-state index is 0.306. The van der Waals surface area contributed by atoms with E-state index in [1.165, 1.54) is 6.33 Å². The van der Waals surface area contributed by atoms with Gasteiger partial charge >= 0.3 is 0 Å². The highest BCUT2D eigenvalue weighted by Crippen LogP contribution is 2.40. The molecular formula is C20H23N5O2. The number of nitrogens with two attached hydrogens (primary N) is 2. The highest BCUT2D eigenvalue weighted by atomic mass is 16.6. The molecule has 1 aromatic carbocycles. The summed E-state index contributed by atoms with van der Waals surface area (Å²) in [5.41, 5.74) is 15.3. The molecule has 3 aromatic rings. The maximum absolute atomic E-state index is 6.26. The zero-order valence-corrected chi connectivity index (χ0v) is 15.1. The maximum atomic E-state index is 6.26. The molecule has 2 aliphatic rings. The lowest BCUT2D eigenvalue weighted by Gasteiger charge is -2.27. The molecule has 1 aliphatic heterocycles. The lowest BCUT2D eigenvalue weighted by molar-refractivity contribution is 0.171. The molecule has 0 unspecified atom stereocenters. The Labute approximate surface area is 157 Å². The van der Waals surface area contributed by atoms with E-state index in [4.69, 9.17) is 20.9 Å². The third-order valence-electron chi connectivity index (χ3n) is 5.63. The van der Waals surface area contributed by atoms with Gasteiger partial charge in [0.15, 0.2) is 11.5 Å². The fourth-order valence-corrected chi connectivity index (χ4v) is 4.20. The highest BCUT2D eigenvalue weighted by Gasteiger charge is 2.25. The number of rotatable bonds is 2. The van der Waals surface area contributed by atoms with Gasteiger partial charge in [-0.1, -0.05) is 6.07 Å². The third-order valence-corrected chi connectivity index (χ3v) is 5.63. The molecule has 1 aliphatic carbocycles. The summed E-state index contributed by atoms with van der Waals surface area (Å²) in [6.45, 7) is 1.14. The van der Waals surface area contributed by atoms with E-state index >= 15 is 0 Å². The van der Waals surface area contributed by atoms with Crippen LogP contribution in [0.3, 0.4) is 0 Å². The van der Waals surface area contributed by atoms with Gasteiger partial charge < -0.3 is 25.5 Å². The number of benzene rings is 1. The Morgan fingerprint density at radius 2 is 1.78 bits per heavy atom. The van der Waals surface area contributed by atoms with Gasteiger partial charge in [0.2, 0.25) is 0 Å². The predicted molar refractivity (Wildman–Crippen MR) is 104 cm³/mol. The molecule has 7 heteroatoms. The van der Waals surface area contributed by atoms with E-state index in [1.54, 1.807) is 0 Å². The Morgan fingerprint density at radius 3 is 2.59 bits per heavy atom. The van der Waals surface area contributed by atoms with Crippen molar-refractivity contribution in [3.63, 3.8) is 0 Å². The summed E-state index contributed by atoms with van der Waals surface area (Å²) < 4.78 is 13.7. The fourth-order valence-electron chi connectivity index (χ4n) is 4.20. The van der Waals surface area contributed by atoms with Crippen LogP contribution in [0.5, 0.6) is 11.5 Å². The van der Waals surface area contributed by atoms with Crippen LogP contribution in [0.15, 0.2) is 30.7 Å². The molecule has 0 amide bonds. The molecule has 27 heavy (non-hydrogen) atoms. The highest BCUT2D eigenvalue weighted by molar-refractivity contribution is 6.01. The molecule has 3 heterocycles. The molecule has 1 saturated carbocycles. The van der Waals surface area contributed by atoms with Crippen molar-refractivity contribution in [2.75, 3.05) is 18.9 Å². The lowest BCUT2D eigenvalue weighted by atomic mass is 9.92. The van der Waals surface area contributed by atoms with Crippen LogP contribution in [0.2, 0.25) is 0 Å². The van der Waals surface area contributed by atoms with Crippen LogP contribution in [-0.2, 0) is 0 Å². The first-order valence-corrected chi connectivity index (χ1v) is 9.47. The van der Waals surface area contributed by atoms with Gasteiger partial charge in [-0.05, 0) is 43.4 Å². The molecule has 0 bridgehead atoms. The SMILES string of the molecule is Nc1ncnc2c1c(-c1ccc3c(c1)OCCO3)cn2C1CCC(N)CC1. The molecule has 5 rings (SSSR count). The van der Waals surface area contributed by atoms with Crippen LogP contribution < -0.4 is 20.9 Å². The Bertz CT molecular complexity index is 991. The monoisotopic (exact) mass is 365 g/mol. The second-order valence-electron chi connectivity index (χ2n) is 7.33. The standard InChI is InChI=1S/C20H23N5O2/c21-13-2-4-14(5-3-13)25-10-15(18-19(22)23-11-24-20(18)25)12-1-6-16-17(9-12)27-8-7-26-16/h1,6,9-11,13-14H,2-5,7-8,21H2,(H2,22,23,24). The Balaban J connectivity index is 1.64. The van der Waals surface area contributed by atoms with Crippen molar-refractivity contribution in [2.45, 2.75) is 37.8 Å². The van der Waals surface area contributed by atoms with Crippen molar-refractivity contribution < 1.29 is 9.47 Å². The van der Waals surface area contributed by atoms with Crippen LogP contribution in [0.25, 0.3) is 22.2 Å². The van der Waals surface area contributed by atoms with Gasteiger partial charge in [-0.25, -0.2) is 9.97 Å². The van der Waals surface area contributed by atoms with E-state index in [2.05, 4.69) is 20.7 Å².